The Bertz CT molecular complexity index is 1570. The number of oxime groups is 1. The molecule has 1 aromatic heterocycles. The Morgan fingerprint density at radius 3 is 2.58 bits per heavy atom. The Kier molecular flexibility index (Phi) is 10.2. The third-order valence-electron chi connectivity index (χ3n) is 6.84. The molecule has 2 fully saturated rings. The van der Waals surface area contributed by atoms with Crippen molar-refractivity contribution in [2.75, 3.05) is 25.4 Å². The number of amides is 2. The minimum absolute atomic E-state index is 0.0542. The zero-order valence-electron chi connectivity index (χ0n) is 24.1. The standard InChI is InChI=1S/C25H32N8O10S2/c1-25(2)19(22(35)33(25)43-45(38,39)40)31-21(34)18(16-12-44-24(27)30-16)32-42-17(23(36)37)11-41-15-7-5-13(6-8-15)20(26)29-14-4-3-9-28-10-14/h5-8,12,14,17,19,28H,3-4,9-11H2,1-2H3,(H2,26,29)(H2,27,30)(H,31,34)(H,36,37)(H,38,39,40)/b32-18-/t14-,17?,19-/m1/s1. The van der Waals surface area contributed by atoms with Crippen LogP contribution in [0.15, 0.2) is 34.8 Å². The van der Waals surface area contributed by atoms with Gasteiger partial charge < -0.3 is 36.4 Å². The number of hydrogen-bond donors (Lipinski definition) is 7. The van der Waals surface area contributed by atoms with Crippen LogP contribution in [0.1, 0.15) is 37.9 Å². The number of carbonyl (C=O) groups excluding carboxylic acids is 2. The normalized spacial score (nSPS) is 20.5. The van der Waals surface area contributed by atoms with Gasteiger partial charge in [0.15, 0.2) is 10.8 Å². The summed E-state index contributed by atoms with van der Waals surface area (Å²) in [4.78, 5) is 46.7. The number of thiazole rings is 1. The van der Waals surface area contributed by atoms with Gasteiger partial charge in [-0.25, -0.2) is 9.78 Å². The van der Waals surface area contributed by atoms with Crippen molar-refractivity contribution < 1.29 is 46.3 Å². The fourth-order valence-corrected chi connectivity index (χ4v) is 5.44. The number of carboxylic acid groups (broad SMARTS) is 1. The van der Waals surface area contributed by atoms with E-state index in [-0.39, 0.29) is 28.5 Å². The average molecular weight is 669 g/mol. The van der Waals surface area contributed by atoms with Crippen LogP contribution in [-0.2, 0) is 33.9 Å². The van der Waals surface area contributed by atoms with Crippen LogP contribution in [0, 0.1) is 5.41 Å². The van der Waals surface area contributed by atoms with E-state index >= 15 is 0 Å². The minimum Gasteiger partial charge on any atom is -0.489 e. The molecule has 45 heavy (non-hydrogen) atoms. The number of carboxylic acids is 1. The topological polar surface area (TPSA) is 268 Å². The molecule has 0 bridgehead atoms. The maximum absolute atomic E-state index is 13.2. The van der Waals surface area contributed by atoms with Crippen molar-refractivity contribution in [3.8, 4) is 5.75 Å². The molecule has 0 saturated carbocycles. The van der Waals surface area contributed by atoms with Crippen LogP contribution in [-0.4, -0.2) is 101 Å². The number of aliphatic carboxylic acids is 1. The molecule has 2 amide bonds. The van der Waals surface area contributed by atoms with Gasteiger partial charge in [0.05, 0.1) is 5.54 Å². The number of piperidine rings is 1. The van der Waals surface area contributed by atoms with E-state index in [2.05, 4.69) is 30.4 Å². The third-order valence-corrected chi connectivity index (χ3v) is 7.85. The number of nitrogens with zero attached hydrogens (tertiary/aromatic N) is 3. The fraction of sp³-hybridized carbons (Fsp3) is 0.440. The Morgan fingerprint density at radius 2 is 2.02 bits per heavy atom. The molecular weight excluding hydrogens is 636 g/mol. The van der Waals surface area contributed by atoms with E-state index in [1.165, 1.54) is 19.2 Å². The molecule has 2 aliphatic rings. The molecule has 244 valence electrons. The number of hydrogen-bond acceptors (Lipinski definition) is 14. The van der Waals surface area contributed by atoms with Crippen molar-refractivity contribution in [2.24, 2.45) is 5.16 Å². The Morgan fingerprint density at radius 1 is 1.31 bits per heavy atom. The van der Waals surface area contributed by atoms with E-state index in [4.69, 9.17) is 25.3 Å². The van der Waals surface area contributed by atoms with Crippen LogP contribution in [0.3, 0.4) is 0 Å². The molecule has 2 saturated heterocycles. The number of amidine groups is 1. The SMILES string of the molecule is CC1(C)[C@H](NC(=O)/C(=N\OC(COc2ccc(C(=N)N[C@@H]3CCCNC3)cc2)C(=O)O)c2csc(N)n2)C(=O)N1OS(=O)(=O)O. The summed E-state index contributed by atoms with van der Waals surface area (Å²) in [5.41, 5.74) is 4.24. The van der Waals surface area contributed by atoms with Crippen molar-refractivity contribution in [3.63, 3.8) is 0 Å². The van der Waals surface area contributed by atoms with Crippen molar-refractivity contribution >= 4 is 56.2 Å². The van der Waals surface area contributed by atoms with E-state index in [1.807, 2.05) is 0 Å². The van der Waals surface area contributed by atoms with Gasteiger partial charge in [-0.3, -0.25) is 19.6 Å². The number of β-lactam (4-membered cyclic amide) rings is 1. The van der Waals surface area contributed by atoms with Crippen LogP contribution in [0.2, 0.25) is 0 Å². The van der Waals surface area contributed by atoms with Gasteiger partial charge in [0, 0.05) is 23.5 Å². The van der Waals surface area contributed by atoms with Gasteiger partial charge in [-0.05, 0) is 57.5 Å². The maximum Gasteiger partial charge on any atom is 0.418 e. The first-order valence-corrected chi connectivity index (χ1v) is 15.7. The molecule has 4 rings (SSSR count). The predicted octanol–water partition coefficient (Wildman–Crippen LogP) is -0.515. The average Bonchev–Trinajstić information content (AvgIpc) is 3.41. The highest BCUT2D eigenvalue weighted by Crippen LogP contribution is 2.33. The lowest BCUT2D eigenvalue weighted by Crippen LogP contribution is -2.76. The summed E-state index contributed by atoms with van der Waals surface area (Å²) in [5, 5.41) is 32.3. The van der Waals surface area contributed by atoms with Crippen LogP contribution in [0.5, 0.6) is 5.75 Å². The molecule has 1 unspecified atom stereocenters. The number of nitrogen functional groups attached to an aromatic ring is 1. The van der Waals surface area contributed by atoms with Gasteiger partial charge in [-0.15, -0.1) is 15.6 Å². The fourth-order valence-electron chi connectivity index (χ4n) is 4.44. The Labute approximate surface area is 261 Å². The second-order valence-electron chi connectivity index (χ2n) is 10.5. The van der Waals surface area contributed by atoms with Gasteiger partial charge in [-0.2, -0.15) is 13.5 Å². The van der Waals surface area contributed by atoms with E-state index in [1.54, 1.807) is 24.3 Å². The first kappa shape index (κ1) is 33.5. The van der Waals surface area contributed by atoms with Crippen molar-refractivity contribution in [2.45, 2.75) is 50.4 Å². The number of hydroxylamine groups is 2. The summed E-state index contributed by atoms with van der Waals surface area (Å²) in [6.07, 6.45) is 0.281. The molecule has 20 heteroatoms. The molecular formula is C25H32N8O10S2. The van der Waals surface area contributed by atoms with Crippen LogP contribution in [0.4, 0.5) is 5.13 Å². The zero-order valence-corrected chi connectivity index (χ0v) is 25.7. The summed E-state index contributed by atoms with van der Waals surface area (Å²) in [6, 6.07) is 5.25. The van der Waals surface area contributed by atoms with Gasteiger partial charge in [0.25, 0.3) is 17.9 Å². The van der Waals surface area contributed by atoms with Crippen LogP contribution in [0.25, 0.3) is 0 Å². The van der Waals surface area contributed by atoms with E-state index < -0.39 is 58.2 Å². The molecule has 18 nitrogen and oxygen atoms in total. The molecule has 2 aromatic rings. The number of aromatic nitrogens is 1. The van der Waals surface area contributed by atoms with E-state index in [0.29, 0.717) is 10.6 Å². The van der Waals surface area contributed by atoms with Gasteiger partial charge >= 0.3 is 16.4 Å². The largest absolute Gasteiger partial charge is 0.489 e. The van der Waals surface area contributed by atoms with Gasteiger partial charge in [-0.1, -0.05) is 5.16 Å². The zero-order chi connectivity index (χ0) is 32.9. The first-order chi connectivity index (χ1) is 21.2. The molecule has 8 N–H and O–H groups in total. The van der Waals surface area contributed by atoms with Gasteiger partial charge in [0.2, 0.25) is 0 Å². The highest BCUT2D eigenvalue weighted by atomic mass is 32.3. The third kappa shape index (κ3) is 8.42. The summed E-state index contributed by atoms with van der Waals surface area (Å²) in [6.45, 7) is 3.91. The summed E-state index contributed by atoms with van der Waals surface area (Å²) in [5.74, 6) is -2.95. The number of rotatable bonds is 13. The number of ether oxygens (including phenoxy) is 1. The molecule has 0 radical (unpaired) electrons. The number of carbonyl (C=O) groups is 3. The summed E-state index contributed by atoms with van der Waals surface area (Å²) < 4.78 is 40.9. The first-order valence-electron chi connectivity index (χ1n) is 13.4. The van der Waals surface area contributed by atoms with Crippen LogP contribution >= 0.6 is 11.3 Å². The summed E-state index contributed by atoms with van der Waals surface area (Å²) in [7, 11) is -5.02. The van der Waals surface area contributed by atoms with Gasteiger partial charge in [0.1, 0.15) is 29.9 Å². The highest BCUT2D eigenvalue weighted by molar-refractivity contribution is 7.80. The monoisotopic (exact) mass is 668 g/mol. The van der Waals surface area contributed by atoms with Crippen molar-refractivity contribution in [3.05, 3.63) is 40.9 Å². The van der Waals surface area contributed by atoms with Crippen molar-refractivity contribution in [1.29, 1.82) is 5.41 Å². The smallest absolute Gasteiger partial charge is 0.418 e. The van der Waals surface area contributed by atoms with E-state index in [0.717, 1.165) is 37.3 Å². The Balaban J connectivity index is 1.41. The number of nitrogens with two attached hydrogens (primary N) is 1. The molecule has 1 aromatic carbocycles. The van der Waals surface area contributed by atoms with Crippen LogP contribution < -0.4 is 26.4 Å². The quantitative estimate of drug-likeness (QED) is 0.0466. The number of nitrogens with one attached hydrogen (secondary N) is 4. The molecule has 3 heterocycles. The highest BCUT2D eigenvalue weighted by Gasteiger charge is 2.58. The predicted molar refractivity (Wildman–Crippen MR) is 159 cm³/mol. The number of anilines is 1. The van der Waals surface area contributed by atoms with E-state index in [9.17, 15) is 27.9 Å². The molecule has 3 atom stereocenters. The lowest BCUT2D eigenvalue weighted by molar-refractivity contribution is -0.218. The molecule has 2 aliphatic heterocycles. The van der Waals surface area contributed by atoms with Crippen molar-refractivity contribution in [1.82, 2.24) is 26.0 Å². The minimum atomic E-state index is -5.02. The Hall–Kier alpha value is -4.37. The maximum atomic E-state index is 13.2. The molecule has 0 aliphatic carbocycles. The lowest BCUT2D eigenvalue weighted by Gasteiger charge is -2.50. The second kappa shape index (κ2) is 13.7. The molecule has 0 spiro atoms. The summed E-state index contributed by atoms with van der Waals surface area (Å²) >= 11 is 0.954. The second-order valence-corrected chi connectivity index (χ2v) is 12.4. The number of benzene rings is 1. The lowest BCUT2D eigenvalue weighted by atomic mass is 9.84.